The topological polar surface area (TPSA) is 61.4 Å². The van der Waals surface area contributed by atoms with Gasteiger partial charge in [0.15, 0.2) is 0 Å². The van der Waals surface area contributed by atoms with Crippen molar-refractivity contribution in [2.45, 2.75) is 44.0 Å². The molecule has 116 valence electrons. The molecule has 2 unspecified atom stereocenters. The zero-order chi connectivity index (χ0) is 15.5. The second kappa shape index (κ2) is 6.34. The molecule has 4 nitrogen and oxygen atoms in total. The second-order valence-electron chi connectivity index (χ2n) is 5.19. The molecule has 1 saturated carbocycles. The smallest absolute Gasteiger partial charge is 0.393 e. The van der Waals surface area contributed by atoms with Crippen molar-refractivity contribution >= 4 is 11.7 Å². The van der Waals surface area contributed by atoms with Crippen LogP contribution in [0.2, 0.25) is 0 Å². The number of alkyl halides is 3. The Labute approximate surface area is 120 Å². The van der Waals surface area contributed by atoms with Crippen LogP contribution >= 0.6 is 0 Å². The van der Waals surface area contributed by atoms with Crippen LogP contribution in [0.5, 0.6) is 0 Å². The third kappa shape index (κ3) is 4.63. The average molecular weight is 302 g/mol. The maximum absolute atomic E-state index is 12.4. The number of hydrogen-bond acceptors (Lipinski definition) is 2. The van der Waals surface area contributed by atoms with Crippen LogP contribution in [0.15, 0.2) is 24.3 Å². The highest BCUT2D eigenvalue weighted by Gasteiger charge is 2.30. The van der Waals surface area contributed by atoms with Gasteiger partial charge in [-0.1, -0.05) is 0 Å². The van der Waals surface area contributed by atoms with Gasteiger partial charge in [-0.2, -0.15) is 13.2 Å². The number of benzene rings is 1. The van der Waals surface area contributed by atoms with Crippen molar-refractivity contribution in [3.05, 3.63) is 29.8 Å². The highest BCUT2D eigenvalue weighted by Crippen LogP contribution is 2.29. The summed E-state index contributed by atoms with van der Waals surface area (Å²) >= 11 is 0. The molecule has 1 fully saturated rings. The quantitative estimate of drug-likeness (QED) is 0.786. The minimum absolute atomic E-state index is 0.108. The first kappa shape index (κ1) is 15.6. The lowest BCUT2D eigenvalue weighted by molar-refractivity contribution is -0.137. The summed E-state index contributed by atoms with van der Waals surface area (Å²) in [4.78, 5) is 11.7. The van der Waals surface area contributed by atoms with Crippen LogP contribution in [0.4, 0.5) is 23.7 Å². The number of urea groups is 1. The molecule has 7 heteroatoms. The Morgan fingerprint density at radius 2 is 1.86 bits per heavy atom. The first-order chi connectivity index (χ1) is 9.84. The minimum Gasteiger partial charge on any atom is -0.393 e. The van der Waals surface area contributed by atoms with Crippen molar-refractivity contribution in [2.24, 2.45) is 0 Å². The van der Waals surface area contributed by atoms with E-state index in [0.717, 1.165) is 31.4 Å². The Balaban J connectivity index is 1.87. The second-order valence-corrected chi connectivity index (χ2v) is 5.19. The van der Waals surface area contributed by atoms with Gasteiger partial charge >= 0.3 is 12.2 Å². The average Bonchev–Trinajstić information content (AvgIpc) is 2.38. The molecule has 21 heavy (non-hydrogen) atoms. The summed E-state index contributed by atoms with van der Waals surface area (Å²) in [7, 11) is 0. The monoisotopic (exact) mass is 302 g/mol. The van der Waals surface area contributed by atoms with Gasteiger partial charge in [-0.25, -0.2) is 4.79 Å². The lowest BCUT2D eigenvalue weighted by atomic mass is 9.93. The Morgan fingerprint density at radius 1 is 1.19 bits per heavy atom. The lowest BCUT2D eigenvalue weighted by Crippen LogP contribution is -2.41. The van der Waals surface area contributed by atoms with Gasteiger partial charge in [0.25, 0.3) is 0 Å². The highest BCUT2D eigenvalue weighted by atomic mass is 19.4. The highest BCUT2D eigenvalue weighted by molar-refractivity contribution is 5.89. The summed E-state index contributed by atoms with van der Waals surface area (Å²) < 4.78 is 37.2. The molecule has 0 saturated heterocycles. The number of anilines is 1. The Hall–Kier alpha value is -1.76. The largest absolute Gasteiger partial charge is 0.416 e. The van der Waals surface area contributed by atoms with E-state index in [-0.39, 0.29) is 11.7 Å². The number of aliphatic hydroxyl groups excluding tert-OH is 1. The van der Waals surface area contributed by atoms with Gasteiger partial charge in [-0.3, -0.25) is 0 Å². The fourth-order valence-corrected chi connectivity index (χ4v) is 2.39. The van der Waals surface area contributed by atoms with E-state index in [9.17, 15) is 23.1 Å². The van der Waals surface area contributed by atoms with E-state index in [1.54, 1.807) is 0 Å². The van der Waals surface area contributed by atoms with Gasteiger partial charge in [-0.15, -0.1) is 0 Å². The molecule has 0 radical (unpaired) electrons. The number of carbonyl (C=O) groups excluding carboxylic acids is 1. The molecule has 2 rings (SSSR count). The number of rotatable bonds is 2. The molecule has 1 aliphatic carbocycles. The summed E-state index contributed by atoms with van der Waals surface area (Å²) in [5.74, 6) is 0. The predicted molar refractivity (Wildman–Crippen MR) is 71.9 cm³/mol. The van der Waals surface area contributed by atoms with Crippen molar-refractivity contribution in [1.82, 2.24) is 5.32 Å². The zero-order valence-electron chi connectivity index (χ0n) is 11.3. The number of amides is 2. The number of halogens is 3. The summed E-state index contributed by atoms with van der Waals surface area (Å²) in [5, 5.41) is 14.7. The van der Waals surface area contributed by atoms with Crippen molar-refractivity contribution in [1.29, 1.82) is 0 Å². The van der Waals surface area contributed by atoms with Gasteiger partial charge in [0.05, 0.1) is 11.7 Å². The maximum atomic E-state index is 12.4. The van der Waals surface area contributed by atoms with E-state index < -0.39 is 23.9 Å². The molecular weight excluding hydrogens is 285 g/mol. The number of hydrogen-bond donors (Lipinski definition) is 3. The van der Waals surface area contributed by atoms with E-state index in [4.69, 9.17) is 0 Å². The van der Waals surface area contributed by atoms with Crippen LogP contribution in [-0.4, -0.2) is 23.3 Å². The molecule has 0 heterocycles. The van der Waals surface area contributed by atoms with Crippen LogP contribution in [0.1, 0.15) is 31.2 Å². The van der Waals surface area contributed by atoms with Gasteiger partial charge in [0.1, 0.15) is 0 Å². The predicted octanol–water partition coefficient (Wildman–Crippen LogP) is 3.13. The van der Waals surface area contributed by atoms with Crippen molar-refractivity contribution in [3.63, 3.8) is 0 Å². The molecule has 2 amide bonds. The van der Waals surface area contributed by atoms with Gasteiger partial charge < -0.3 is 15.7 Å². The number of aliphatic hydroxyl groups is 1. The van der Waals surface area contributed by atoms with E-state index in [0.29, 0.717) is 6.42 Å². The van der Waals surface area contributed by atoms with Crippen LogP contribution in [-0.2, 0) is 6.18 Å². The van der Waals surface area contributed by atoms with Crippen molar-refractivity contribution in [2.75, 3.05) is 5.32 Å². The number of carbonyl (C=O) groups is 1. The minimum atomic E-state index is -4.39. The molecule has 0 aliphatic heterocycles. The Kier molecular flexibility index (Phi) is 4.72. The summed E-state index contributed by atoms with van der Waals surface area (Å²) in [6.45, 7) is 0. The fourth-order valence-electron chi connectivity index (χ4n) is 2.39. The molecule has 1 aliphatic rings. The summed E-state index contributed by atoms with van der Waals surface area (Å²) in [6, 6.07) is 3.66. The van der Waals surface area contributed by atoms with Gasteiger partial charge in [0, 0.05) is 11.7 Å². The summed E-state index contributed by atoms with van der Waals surface area (Å²) in [6.07, 6.45) is -1.93. The van der Waals surface area contributed by atoms with Crippen molar-refractivity contribution in [3.8, 4) is 0 Å². The van der Waals surface area contributed by atoms with E-state index in [1.807, 2.05) is 0 Å². The molecule has 1 aromatic carbocycles. The van der Waals surface area contributed by atoms with Crippen LogP contribution in [0.3, 0.4) is 0 Å². The molecule has 0 aromatic heterocycles. The SMILES string of the molecule is O=C(Nc1ccc(C(F)(F)F)cc1)NC1CCCC(O)C1. The van der Waals surface area contributed by atoms with Crippen LogP contribution in [0, 0.1) is 0 Å². The first-order valence-electron chi connectivity index (χ1n) is 6.77. The fraction of sp³-hybridized carbons (Fsp3) is 0.500. The third-order valence-corrected chi connectivity index (χ3v) is 3.45. The summed E-state index contributed by atoms with van der Waals surface area (Å²) in [5.41, 5.74) is -0.472. The maximum Gasteiger partial charge on any atom is 0.416 e. The molecule has 2 atom stereocenters. The van der Waals surface area contributed by atoms with Crippen LogP contribution < -0.4 is 10.6 Å². The first-order valence-corrected chi connectivity index (χ1v) is 6.77. The van der Waals surface area contributed by atoms with E-state index in [2.05, 4.69) is 10.6 Å². The Bertz CT molecular complexity index is 488. The molecule has 3 N–H and O–H groups in total. The Morgan fingerprint density at radius 3 is 2.43 bits per heavy atom. The van der Waals surface area contributed by atoms with E-state index in [1.165, 1.54) is 12.1 Å². The molecule has 0 spiro atoms. The standard InChI is InChI=1S/C14H17F3N2O2/c15-14(16,17)9-4-6-10(7-5-9)18-13(21)19-11-2-1-3-12(20)8-11/h4-7,11-12,20H,1-3,8H2,(H2,18,19,21). The van der Waals surface area contributed by atoms with Gasteiger partial charge in [0.2, 0.25) is 0 Å². The number of nitrogens with one attached hydrogen (secondary N) is 2. The zero-order valence-corrected chi connectivity index (χ0v) is 11.3. The normalized spacial score (nSPS) is 22.7. The molecular formula is C14H17F3N2O2. The van der Waals surface area contributed by atoms with Crippen molar-refractivity contribution < 1.29 is 23.1 Å². The molecule has 1 aromatic rings. The van der Waals surface area contributed by atoms with Gasteiger partial charge in [-0.05, 0) is 49.9 Å². The molecule has 0 bridgehead atoms. The lowest BCUT2D eigenvalue weighted by Gasteiger charge is -2.26. The van der Waals surface area contributed by atoms with Crippen LogP contribution in [0.25, 0.3) is 0 Å². The van der Waals surface area contributed by atoms with E-state index >= 15 is 0 Å². The third-order valence-electron chi connectivity index (χ3n) is 3.45.